The largest absolute Gasteiger partial charge is 0.493 e. The third-order valence-corrected chi connectivity index (χ3v) is 6.92. The number of thiazole rings is 1. The molecule has 3 rings (SSSR count). The molecule has 0 radical (unpaired) electrons. The smallest absolute Gasteiger partial charge is 0.355 e. The highest BCUT2D eigenvalue weighted by Gasteiger charge is 2.30. The van der Waals surface area contributed by atoms with Crippen molar-refractivity contribution in [3.63, 3.8) is 0 Å². The Bertz CT molecular complexity index is 910. The molecule has 0 saturated carbocycles. The summed E-state index contributed by atoms with van der Waals surface area (Å²) < 4.78 is 16.8. The van der Waals surface area contributed by atoms with Crippen molar-refractivity contribution in [2.45, 2.75) is 23.2 Å². The summed E-state index contributed by atoms with van der Waals surface area (Å²) in [6.45, 7) is 1.17. The summed E-state index contributed by atoms with van der Waals surface area (Å²) in [5.41, 5.74) is 0.865. The van der Waals surface area contributed by atoms with E-state index in [1.807, 2.05) is 17.0 Å². The molecule has 1 aliphatic rings. The number of thioether (sulfide) groups is 1. The first-order valence-corrected chi connectivity index (χ1v) is 11.5. The number of ether oxygens (including phenoxy) is 3. The molecule has 168 valence electrons. The average Bonchev–Trinajstić information content (AvgIpc) is 3.38. The number of carboxylic acid groups (broad SMARTS) is 1. The van der Waals surface area contributed by atoms with Gasteiger partial charge in [-0.3, -0.25) is 4.79 Å². The van der Waals surface area contributed by atoms with E-state index in [1.54, 1.807) is 21.3 Å². The van der Waals surface area contributed by atoms with Crippen molar-refractivity contribution in [3.8, 4) is 17.2 Å². The van der Waals surface area contributed by atoms with Gasteiger partial charge in [0.1, 0.15) is 0 Å². The van der Waals surface area contributed by atoms with Crippen molar-refractivity contribution in [2.24, 2.45) is 0 Å². The summed E-state index contributed by atoms with van der Waals surface area (Å²) in [6, 6.07) is 3.74. The molecule has 1 saturated heterocycles. The Morgan fingerprint density at radius 3 is 2.58 bits per heavy atom. The molecule has 1 aromatic carbocycles. The highest BCUT2D eigenvalue weighted by Crippen LogP contribution is 2.40. The number of anilines is 1. The summed E-state index contributed by atoms with van der Waals surface area (Å²) in [5, 5.41) is 13.9. The molecule has 1 fully saturated rings. The SMILES string of the molecule is COc1cc(NC[C@H]2CCC(=O)N2CCSc2nc(C(=O)O)cs2)cc(OC)c1OC. The number of likely N-dealkylation sites (tertiary alicyclic amines) is 1. The van der Waals surface area contributed by atoms with Crippen molar-refractivity contribution >= 4 is 40.7 Å². The Labute approximate surface area is 188 Å². The second kappa shape index (κ2) is 10.6. The molecule has 1 aliphatic heterocycles. The van der Waals surface area contributed by atoms with Crippen LogP contribution in [0.2, 0.25) is 0 Å². The maximum atomic E-state index is 12.4. The predicted molar refractivity (Wildman–Crippen MR) is 119 cm³/mol. The third kappa shape index (κ3) is 5.53. The molecule has 2 N–H and O–H groups in total. The molecule has 0 bridgehead atoms. The Morgan fingerprint density at radius 2 is 2.00 bits per heavy atom. The number of hydrogen-bond donors (Lipinski definition) is 2. The van der Waals surface area contributed by atoms with E-state index in [1.165, 1.54) is 28.5 Å². The van der Waals surface area contributed by atoms with Crippen molar-refractivity contribution in [1.82, 2.24) is 9.88 Å². The van der Waals surface area contributed by atoms with Crippen LogP contribution in [0.15, 0.2) is 21.9 Å². The molecule has 1 amide bonds. The number of nitrogens with one attached hydrogen (secondary N) is 1. The molecule has 0 unspecified atom stereocenters. The average molecular weight is 468 g/mol. The lowest BCUT2D eigenvalue weighted by Crippen LogP contribution is -2.39. The number of hydrogen-bond acceptors (Lipinski definition) is 9. The zero-order valence-electron chi connectivity index (χ0n) is 17.5. The number of methoxy groups -OCH3 is 3. The zero-order valence-corrected chi connectivity index (χ0v) is 19.2. The Hall–Kier alpha value is -2.66. The number of benzene rings is 1. The van der Waals surface area contributed by atoms with Gasteiger partial charge in [0.05, 0.1) is 21.3 Å². The van der Waals surface area contributed by atoms with E-state index in [0.29, 0.717) is 46.9 Å². The Morgan fingerprint density at radius 1 is 1.29 bits per heavy atom. The number of rotatable bonds is 11. The number of aromatic carboxylic acids is 1. The molecule has 9 nitrogen and oxygen atoms in total. The van der Waals surface area contributed by atoms with Gasteiger partial charge in [0.25, 0.3) is 0 Å². The first kappa shape index (κ1) is 23.0. The summed E-state index contributed by atoms with van der Waals surface area (Å²) in [6.07, 6.45) is 1.30. The monoisotopic (exact) mass is 467 g/mol. The van der Waals surface area contributed by atoms with Gasteiger partial charge in [0.2, 0.25) is 11.7 Å². The zero-order chi connectivity index (χ0) is 22.4. The molecule has 11 heteroatoms. The maximum absolute atomic E-state index is 12.4. The fourth-order valence-corrected chi connectivity index (χ4v) is 5.19. The molecule has 2 aromatic rings. The van der Waals surface area contributed by atoms with Gasteiger partial charge in [0, 0.05) is 54.5 Å². The number of nitrogens with zero attached hydrogens (tertiary/aromatic N) is 2. The second-order valence-electron chi connectivity index (χ2n) is 6.73. The van der Waals surface area contributed by atoms with E-state index < -0.39 is 5.97 Å². The van der Waals surface area contributed by atoms with E-state index in [4.69, 9.17) is 19.3 Å². The van der Waals surface area contributed by atoms with Crippen LogP contribution in [0.25, 0.3) is 0 Å². The van der Waals surface area contributed by atoms with Crippen LogP contribution in [0.4, 0.5) is 5.69 Å². The number of amides is 1. The molecule has 0 spiro atoms. The first-order chi connectivity index (χ1) is 15.0. The van der Waals surface area contributed by atoms with Crippen LogP contribution in [0.5, 0.6) is 17.2 Å². The lowest BCUT2D eigenvalue weighted by molar-refractivity contribution is -0.128. The van der Waals surface area contributed by atoms with Gasteiger partial charge < -0.3 is 29.5 Å². The number of aromatic nitrogens is 1. The fraction of sp³-hybridized carbons (Fsp3) is 0.450. The van der Waals surface area contributed by atoms with Gasteiger partial charge in [-0.25, -0.2) is 9.78 Å². The second-order valence-corrected chi connectivity index (χ2v) is 8.93. The first-order valence-electron chi connectivity index (χ1n) is 9.61. The van der Waals surface area contributed by atoms with Crippen molar-refractivity contribution < 1.29 is 28.9 Å². The minimum atomic E-state index is -1.03. The number of carbonyl (C=O) groups is 2. The van der Waals surface area contributed by atoms with Crippen molar-refractivity contribution in [2.75, 3.05) is 45.5 Å². The lowest BCUT2D eigenvalue weighted by atomic mass is 10.2. The van der Waals surface area contributed by atoms with Gasteiger partial charge in [0.15, 0.2) is 21.5 Å². The van der Waals surface area contributed by atoms with Crippen LogP contribution in [0.1, 0.15) is 23.3 Å². The minimum absolute atomic E-state index is 0.0529. The number of carboxylic acids is 1. The third-order valence-electron chi connectivity index (χ3n) is 4.92. The molecular weight excluding hydrogens is 442 g/mol. The van der Waals surface area contributed by atoms with Crippen molar-refractivity contribution in [3.05, 3.63) is 23.2 Å². The van der Waals surface area contributed by atoms with E-state index in [2.05, 4.69) is 10.3 Å². The topological polar surface area (TPSA) is 110 Å². The standard InChI is InChI=1S/C20H25N3O6S2/c1-27-15-8-12(9-16(28-2)18(15)29-3)21-10-13-4-5-17(24)23(13)6-7-30-20-22-14(11-31-20)19(25)26/h8-9,11,13,21H,4-7,10H2,1-3H3,(H,25,26)/t13-/m1/s1. The Balaban J connectivity index is 1.58. The van der Waals surface area contributed by atoms with E-state index >= 15 is 0 Å². The normalized spacial score (nSPS) is 15.8. The van der Waals surface area contributed by atoms with E-state index in [0.717, 1.165) is 12.1 Å². The van der Waals surface area contributed by atoms with Crippen LogP contribution in [0.3, 0.4) is 0 Å². The highest BCUT2D eigenvalue weighted by molar-refractivity contribution is 8.01. The summed E-state index contributed by atoms with van der Waals surface area (Å²) in [7, 11) is 4.69. The van der Waals surface area contributed by atoms with E-state index in [9.17, 15) is 9.59 Å². The minimum Gasteiger partial charge on any atom is -0.493 e. The molecule has 1 aromatic heterocycles. The van der Waals surface area contributed by atoms with Gasteiger partial charge in [-0.15, -0.1) is 11.3 Å². The summed E-state index contributed by atoms with van der Waals surface area (Å²) >= 11 is 2.76. The van der Waals surface area contributed by atoms with Crippen LogP contribution in [-0.4, -0.2) is 73.1 Å². The Kier molecular flexibility index (Phi) is 7.85. The van der Waals surface area contributed by atoms with Gasteiger partial charge in [-0.1, -0.05) is 11.8 Å². The van der Waals surface area contributed by atoms with Gasteiger partial charge in [-0.05, 0) is 6.42 Å². The van der Waals surface area contributed by atoms with Crippen molar-refractivity contribution in [1.29, 1.82) is 0 Å². The maximum Gasteiger partial charge on any atom is 0.355 e. The predicted octanol–water partition coefficient (Wildman–Crippen LogP) is 3.06. The lowest BCUT2D eigenvalue weighted by Gasteiger charge is -2.25. The van der Waals surface area contributed by atoms with Gasteiger partial charge in [-0.2, -0.15) is 0 Å². The number of carbonyl (C=O) groups excluding carboxylic acids is 1. The fourth-order valence-electron chi connectivity index (χ4n) is 3.38. The molecule has 1 atom stereocenters. The summed E-state index contributed by atoms with van der Waals surface area (Å²) in [5.74, 6) is 1.39. The van der Waals surface area contributed by atoms with Gasteiger partial charge >= 0.3 is 5.97 Å². The van der Waals surface area contributed by atoms with Crippen LogP contribution >= 0.6 is 23.1 Å². The quantitative estimate of drug-likeness (QED) is 0.482. The van der Waals surface area contributed by atoms with Crippen LogP contribution < -0.4 is 19.5 Å². The molecule has 0 aliphatic carbocycles. The van der Waals surface area contributed by atoms with E-state index in [-0.39, 0.29) is 17.6 Å². The van der Waals surface area contributed by atoms with Crippen LogP contribution in [-0.2, 0) is 4.79 Å². The molecular formula is C20H25N3O6S2. The molecule has 2 heterocycles. The highest BCUT2D eigenvalue weighted by atomic mass is 32.2. The van der Waals surface area contributed by atoms with Crippen LogP contribution in [0, 0.1) is 0 Å². The molecule has 31 heavy (non-hydrogen) atoms. The summed E-state index contributed by atoms with van der Waals surface area (Å²) in [4.78, 5) is 29.2.